The first-order valence-electron chi connectivity index (χ1n) is 6.20. The van der Waals surface area contributed by atoms with Crippen molar-refractivity contribution in [1.29, 1.82) is 0 Å². The van der Waals surface area contributed by atoms with Crippen LogP contribution in [-0.4, -0.2) is 27.0 Å². The van der Waals surface area contributed by atoms with Crippen LogP contribution in [0.15, 0.2) is 21.5 Å². The third-order valence-electron chi connectivity index (χ3n) is 3.18. The van der Waals surface area contributed by atoms with Crippen molar-refractivity contribution in [3.8, 4) is 0 Å². The second kappa shape index (κ2) is 7.57. The third-order valence-corrected chi connectivity index (χ3v) is 6.10. The highest BCUT2D eigenvalue weighted by Crippen LogP contribution is 2.31. The second-order valence-corrected chi connectivity index (χ2v) is 7.81. The summed E-state index contributed by atoms with van der Waals surface area (Å²) in [7, 11) is -3.78. The number of sulfonamides is 1. The zero-order chi connectivity index (χ0) is 14.9. The van der Waals surface area contributed by atoms with Crippen molar-refractivity contribution in [3.05, 3.63) is 27.4 Å². The van der Waals surface area contributed by atoms with Crippen LogP contribution in [0.2, 0.25) is 5.02 Å². The van der Waals surface area contributed by atoms with Crippen molar-refractivity contribution >= 4 is 50.0 Å². The molecule has 2 unspecified atom stereocenters. The van der Waals surface area contributed by atoms with E-state index >= 15 is 0 Å². The molecule has 1 saturated heterocycles. The fourth-order valence-electron chi connectivity index (χ4n) is 2.30. The lowest BCUT2D eigenvalue weighted by Gasteiger charge is -2.28. The van der Waals surface area contributed by atoms with E-state index in [0.717, 1.165) is 18.7 Å². The van der Waals surface area contributed by atoms with Gasteiger partial charge in [0, 0.05) is 16.6 Å². The van der Waals surface area contributed by atoms with Crippen LogP contribution in [0.1, 0.15) is 19.8 Å². The van der Waals surface area contributed by atoms with Crippen molar-refractivity contribution in [2.24, 2.45) is 0 Å². The molecule has 1 heterocycles. The number of hydrogen-bond acceptors (Lipinski definition) is 3. The number of rotatable bonds is 3. The maximum atomic E-state index is 13.2. The largest absolute Gasteiger partial charge is 0.314 e. The van der Waals surface area contributed by atoms with Crippen molar-refractivity contribution < 1.29 is 12.8 Å². The van der Waals surface area contributed by atoms with E-state index in [4.69, 9.17) is 11.6 Å². The minimum atomic E-state index is -3.78. The molecule has 0 spiro atoms. The third kappa shape index (κ3) is 4.77. The van der Waals surface area contributed by atoms with Crippen molar-refractivity contribution in [3.63, 3.8) is 0 Å². The molecule has 4 nitrogen and oxygen atoms in total. The van der Waals surface area contributed by atoms with Gasteiger partial charge in [0.1, 0.15) is 10.7 Å². The number of hydrogen-bond donors (Lipinski definition) is 2. The summed E-state index contributed by atoms with van der Waals surface area (Å²) in [5.41, 5.74) is 0. The molecule has 0 amide bonds. The molecule has 1 aliphatic rings. The predicted octanol–water partition coefficient (Wildman–Crippen LogP) is 3.08. The van der Waals surface area contributed by atoms with E-state index in [9.17, 15) is 12.8 Å². The molecule has 2 atom stereocenters. The SMILES string of the molecule is CC1CC(NS(=O)(=O)c2c(Cl)cc(F)cc2Br)CCN1.Cl. The van der Waals surface area contributed by atoms with Gasteiger partial charge in [0.05, 0.1) is 5.02 Å². The number of piperidine rings is 1. The lowest BCUT2D eigenvalue weighted by molar-refractivity contribution is 0.361. The minimum Gasteiger partial charge on any atom is -0.314 e. The Balaban J connectivity index is 0.00000220. The monoisotopic (exact) mass is 420 g/mol. The molecule has 0 bridgehead atoms. The molecule has 1 aliphatic heterocycles. The molecule has 1 aromatic carbocycles. The molecule has 2 rings (SSSR count). The van der Waals surface area contributed by atoms with Crippen molar-refractivity contribution in [2.75, 3.05) is 6.54 Å². The fraction of sp³-hybridized carbons (Fsp3) is 0.500. The Morgan fingerprint density at radius 2 is 2.14 bits per heavy atom. The predicted molar refractivity (Wildman–Crippen MR) is 87.2 cm³/mol. The lowest BCUT2D eigenvalue weighted by atomic mass is 10.0. The van der Waals surface area contributed by atoms with Crippen molar-refractivity contribution in [1.82, 2.24) is 10.0 Å². The molecule has 9 heteroatoms. The summed E-state index contributed by atoms with van der Waals surface area (Å²) in [4.78, 5) is -0.119. The summed E-state index contributed by atoms with van der Waals surface area (Å²) in [6.07, 6.45) is 1.41. The maximum absolute atomic E-state index is 13.2. The Bertz CT molecular complexity index is 592. The molecule has 0 aromatic heterocycles. The summed E-state index contributed by atoms with van der Waals surface area (Å²) in [5.74, 6) is -0.587. The van der Waals surface area contributed by atoms with Gasteiger partial charge < -0.3 is 5.32 Å². The number of nitrogens with one attached hydrogen (secondary N) is 2. The van der Waals surface area contributed by atoms with Gasteiger partial charge in [0.25, 0.3) is 0 Å². The Morgan fingerprint density at radius 3 is 2.71 bits per heavy atom. The molecular weight excluding hydrogens is 406 g/mol. The summed E-state index contributed by atoms with van der Waals surface area (Å²) in [6.45, 7) is 2.76. The fourth-order valence-corrected chi connectivity index (χ4v) is 5.40. The van der Waals surface area contributed by atoms with Gasteiger partial charge in [-0.3, -0.25) is 0 Å². The molecular formula is C12H16BrCl2FN2O2S. The van der Waals surface area contributed by atoms with Crippen LogP contribution in [0.5, 0.6) is 0 Å². The van der Waals surface area contributed by atoms with Gasteiger partial charge in [-0.2, -0.15) is 0 Å². The second-order valence-electron chi connectivity index (χ2n) is 4.90. The molecule has 1 fully saturated rings. The Morgan fingerprint density at radius 1 is 1.48 bits per heavy atom. The van der Waals surface area contributed by atoms with Crippen LogP contribution < -0.4 is 10.0 Å². The van der Waals surface area contributed by atoms with Gasteiger partial charge in [0.15, 0.2) is 0 Å². The summed E-state index contributed by atoms with van der Waals surface area (Å²) in [6, 6.07) is 2.19. The lowest BCUT2D eigenvalue weighted by Crippen LogP contribution is -2.46. The molecule has 2 N–H and O–H groups in total. The highest BCUT2D eigenvalue weighted by Gasteiger charge is 2.28. The average Bonchev–Trinajstić information content (AvgIpc) is 2.25. The van der Waals surface area contributed by atoms with E-state index in [0.29, 0.717) is 12.8 Å². The molecule has 0 saturated carbocycles. The van der Waals surface area contributed by atoms with E-state index in [1.807, 2.05) is 6.92 Å². The smallest absolute Gasteiger partial charge is 0.243 e. The maximum Gasteiger partial charge on any atom is 0.243 e. The first kappa shape index (κ1) is 19.1. The van der Waals surface area contributed by atoms with E-state index < -0.39 is 15.8 Å². The normalized spacial score (nSPS) is 22.7. The van der Waals surface area contributed by atoms with E-state index in [-0.39, 0.29) is 38.9 Å². The number of benzene rings is 1. The Labute approximate surface area is 143 Å². The highest BCUT2D eigenvalue weighted by molar-refractivity contribution is 9.10. The first-order chi connectivity index (χ1) is 9.29. The van der Waals surface area contributed by atoms with Crippen molar-refractivity contribution in [2.45, 2.75) is 36.7 Å². The first-order valence-corrected chi connectivity index (χ1v) is 8.85. The molecule has 1 aromatic rings. The van der Waals surface area contributed by atoms with Gasteiger partial charge in [-0.15, -0.1) is 12.4 Å². The highest BCUT2D eigenvalue weighted by atomic mass is 79.9. The molecule has 21 heavy (non-hydrogen) atoms. The van der Waals surface area contributed by atoms with Crippen LogP contribution in [0.3, 0.4) is 0 Å². The van der Waals surface area contributed by atoms with Gasteiger partial charge in [-0.05, 0) is 54.4 Å². The van der Waals surface area contributed by atoms with E-state index in [2.05, 4.69) is 26.0 Å². The van der Waals surface area contributed by atoms with Crippen LogP contribution in [0.25, 0.3) is 0 Å². The van der Waals surface area contributed by atoms with Gasteiger partial charge in [-0.1, -0.05) is 11.6 Å². The number of halogens is 4. The van der Waals surface area contributed by atoms with Crippen LogP contribution >= 0.6 is 39.9 Å². The van der Waals surface area contributed by atoms with Crippen LogP contribution in [0.4, 0.5) is 4.39 Å². The van der Waals surface area contributed by atoms with Gasteiger partial charge in [0.2, 0.25) is 10.0 Å². The van der Waals surface area contributed by atoms with Gasteiger partial charge >= 0.3 is 0 Å². The average molecular weight is 422 g/mol. The molecule has 0 aliphatic carbocycles. The van der Waals surface area contributed by atoms with Crippen LogP contribution in [0, 0.1) is 5.82 Å². The standard InChI is InChI=1S/C12H15BrClFN2O2S.ClH/c1-7-4-9(2-3-16-7)17-20(18,19)12-10(13)5-8(15)6-11(12)14;/h5-7,9,16-17H,2-4H2,1H3;1H. The zero-order valence-corrected chi connectivity index (χ0v) is 15.2. The quantitative estimate of drug-likeness (QED) is 0.788. The van der Waals surface area contributed by atoms with Crippen LogP contribution in [-0.2, 0) is 10.0 Å². The van der Waals surface area contributed by atoms with E-state index in [1.54, 1.807) is 0 Å². The van der Waals surface area contributed by atoms with E-state index in [1.165, 1.54) is 0 Å². The minimum absolute atomic E-state index is 0. The zero-order valence-electron chi connectivity index (χ0n) is 11.2. The van der Waals surface area contributed by atoms with Gasteiger partial charge in [-0.25, -0.2) is 17.5 Å². The summed E-state index contributed by atoms with van der Waals surface area (Å²) < 4.78 is 40.7. The Hall–Kier alpha value is 0.0800. The molecule has 120 valence electrons. The topological polar surface area (TPSA) is 58.2 Å². The molecule has 0 radical (unpaired) electrons. The summed E-state index contributed by atoms with van der Waals surface area (Å²) in [5, 5.41) is 3.11. The summed E-state index contributed by atoms with van der Waals surface area (Å²) >= 11 is 8.92. The Kier molecular flexibility index (Phi) is 6.89.